The Labute approximate surface area is 115 Å². The summed E-state index contributed by atoms with van der Waals surface area (Å²) < 4.78 is 0. The SMILES string of the molecule is CCN(CC)CCNCCN(C)C(C)C(C)(C)C. The van der Waals surface area contributed by atoms with Gasteiger partial charge in [-0.3, -0.25) is 0 Å². The molecule has 18 heavy (non-hydrogen) atoms. The second-order valence-corrected chi connectivity index (χ2v) is 6.30. The van der Waals surface area contributed by atoms with E-state index in [1.54, 1.807) is 0 Å². The van der Waals surface area contributed by atoms with Gasteiger partial charge < -0.3 is 15.1 Å². The average molecular weight is 257 g/mol. The minimum atomic E-state index is 0.357. The van der Waals surface area contributed by atoms with Crippen molar-refractivity contribution >= 4 is 0 Å². The highest BCUT2D eigenvalue weighted by Gasteiger charge is 2.23. The molecule has 0 heterocycles. The third-order valence-electron chi connectivity index (χ3n) is 4.06. The number of hydrogen-bond donors (Lipinski definition) is 1. The Hall–Kier alpha value is -0.120. The van der Waals surface area contributed by atoms with Gasteiger partial charge in [0.2, 0.25) is 0 Å². The zero-order chi connectivity index (χ0) is 14.2. The van der Waals surface area contributed by atoms with Crippen LogP contribution in [0.2, 0.25) is 0 Å². The fraction of sp³-hybridized carbons (Fsp3) is 1.00. The average Bonchev–Trinajstić information content (AvgIpc) is 2.31. The molecule has 0 saturated heterocycles. The smallest absolute Gasteiger partial charge is 0.0113 e. The normalized spacial score (nSPS) is 14.5. The highest BCUT2D eigenvalue weighted by atomic mass is 15.2. The quantitative estimate of drug-likeness (QED) is 0.639. The Morgan fingerprint density at radius 2 is 1.50 bits per heavy atom. The van der Waals surface area contributed by atoms with E-state index in [4.69, 9.17) is 0 Å². The van der Waals surface area contributed by atoms with E-state index in [2.05, 4.69) is 63.7 Å². The molecule has 0 amide bonds. The van der Waals surface area contributed by atoms with Gasteiger partial charge in [0.05, 0.1) is 0 Å². The second kappa shape index (κ2) is 8.89. The molecule has 1 atom stereocenters. The maximum absolute atomic E-state index is 3.54. The highest BCUT2D eigenvalue weighted by molar-refractivity contribution is 4.77. The molecule has 0 aromatic heterocycles. The number of likely N-dealkylation sites (N-methyl/N-ethyl adjacent to an activating group) is 2. The first-order valence-corrected chi connectivity index (χ1v) is 7.46. The number of hydrogen-bond acceptors (Lipinski definition) is 3. The topological polar surface area (TPSA) is 18.5 Å². The summed E-state index contributed by atoms with van der Waals surface area (Å²) in [6.07, 6.45) is 0. The molecule has 0 fully saturated rings. The van der Waals surface area contributed by atoms with Gasteiger partial charge >= 0.3 is 0 Å². The van der Waals surface area contributed by atoms with Crippen LogP contribution < -0.4 is 5.32 Å². The van der Waals surface area contributed by atoms with Crippen LogP contribution in [0.4, 0.5) is 0 Å². The fourth-order valence-corrected chi connectivity index (χ4v) is 2.01. The molecule has 0 aliphatic heterocycles. The maximum Gasteiger partial charge on any atom is 0.0113 e. The van der Waals surface area contributed by atoms with Gasteiger partial charge in [-0.2, -0.15) is 0 Å². The van der Waals surface area contributed by atoms with Crippen LogP contribution in [0, 0.1) is 5.41 Å². The van der Waals surface area contributed by atoms with E-state index in [0.29, 0.717) is 11.5 Å². The van der Waals surface area contributed by atoms with E-state index < -0.39 is 0 Å². The van der Waals surface area contributed by atoms with Crippen LogP contribution in [-0.4, -0.2) is 62.2 Å². The second-order valence-electron chi connectivity index (χ2n) is 6.30. The van der Waals surface area contributed by atoms with E-state index in [0.717, 1.165) is 39.3 Å². The van der Waals surface area contributed by atoms with Gasteiger partial charge in [0.15, 0.2) is 0 Å². The zero-order valence-electron chi connectivity index (χ0n) is 13.7. The summed E-state index contributed by atoms with van der Waals surface area (Å²) in [7, 11) is 2.22. The lowest BCUT2D eigenvalue weighted by Gasteiger charge is -2.35. The van der Waals surface area contributed by atoms with Crippen LogP contribution in [0.1, 0.15) is 41.5 Å². The lowest BCUT2D eigenvalue weighted by atomic mass is 9.87. The maximum atomic E-state index is 3.54. The van der Waals surface area contributed by atoms with Gasteiger partial charge in [0.25, 0.3) is 0 Å². The molecule has 0 aliphatic rings. The van der Waals surface area contributed by atoms with Crippen molar-refractivity contribution < 1.29 is 0 Å². The zero-order valence-corrected chi connectivity index (χ0v) is 13.7. The first kappa shape index (κ1) is 17.9. The molecule has 0 aromatic carbocycles. The molecule has 0 rings (SSSR count). The Morgan fingerprint density at radius 3 is 1.94 bits per heavy atom. The molecule has 110 valence electrons. The fourth-order valence-electron chi connectivity index (χ4n) is 2.01. The summed E-state index contributed by atoms with van der Waals surface area (Å²) in [4.78, 5) is 4.90. The summed E-state index contributed by atoms with van der Waals surface area (Å²) in [5.41, 5.74) is 0.357. The van der Waals surface area contributed by atoms with Crippen LogP contribution in [0.3, 0.4) is 0 Å². The number of rotatable bonds is 9. The van der Waals surface area contributed by atoms with E-state index in [1.807, 2.05) is 0 Å². The third kappa shape index (κ3) is 7.34. The first-order valence-electron chi connectivity index (χ1n) is 7.46. The molecule has 3 nitrogen and oxygen atoms in total. The Morgan fingerprint density at radius 1 is 1.00 bits per heavy atom. The van der Waals surface area contributed by atoms with Crippen molar-refractivity contribution in [1.29, 1.82) is 0 Å². The molecule has 0 bridgehead atoms. The van der Waals surface area contributed by atoms with Crippen molar-refractivity contribution in [3.05, 3.63) is 0 Å². The highest BCUT2D eigenvalue weighted by Crippen LogP contribution is 2.22. The molecule has 1 unspecified atom stereocenters. The first-order chi connectivity index (χ1) is 8.32. The van der Waals surface area contributed by atoms with Gasteiger partial charge in [0, 0.05) is 32.2 Å². The van der Waals surface area contributed by atoms with Crippen molar-refractivity contribution in [2.24, 2.45) is 5.41 Å². The van der Waals surface area contributed by atoms with Crippen molar-refractivity contribution in [2.75, 3.05) is 46.3 Å². The third-order valence-corrected chi connectivity index (χ3v) is 4.06. The van der Waals surface area contributed by atoms with Crippen LogP contribution in [-0.2, 0) is 0 Å². The molecule has 0 spiro atoms. The van der Waals surface area contributed by atoms with Gasteiger partial charge in [-0.05, 0) is 32.5 Å². The summed E-state index contributed by atoms with van der Waals surface area (Å²) in [5, 5.41) is 3.54. The van der Waals surface area contributed by atoms with E-state index in [9.17, 15) is 0 Å². The van der Waals surface area contributed by atoms with Crippen molar-refractivity contribution in [3.63, 3.8) is 0 Å². The van der Waals surface area contributed by atoms with E-state index in [1.165, 1.54) is 0 Å². The van der Waals surface area contributed by atoms with Crippen molar-refractivity contribution in [1.82, 2.24) is 15.1 Å². The summed E-state index contributed by atoms with van der Waals surface area (Å²) in [6, 6.07) is 0.613. The molecule has 0 aliphatic carbocycles. The largest absolute Gasteiger partial charge is 0.314 e. The number of nitrogens with zero attached hydrogens (tertiary/aromatic N) is 2. The molecular weight excluding hydrogens is 222 g/mol. The molecule has 0 saturated carbocycles. The van der Waals surface area contributed by atoms with Gasteiger partial charge in [-0.15, -0.1) is 0 Å². The lowest BCUT2D eigenvalue weighted by molar-refractivity contribution is 0.141. The van der Waals surface area contributed by atoms with Crippen LogP contribution >= 0.6 is 0 Å². The minimum absolute atomic E-state index is 0.357. The van der Waals surface area contributed by atoms with E-state index in [-0.39, 0.29) is 0 Å². The van der Waals surface area contributed by atoms with Gasteiger partial charge in [-0.25, -0.2) is 0 Å². The standard InChI is InChI=1S/C15H35N3/c1-8-18(9-2)13-11-16-10-12-17(7)14(3)15(4,5)6/h14,16H,8-13H2,1-7H3. The predicted molar refractivity (Wildman–Crippen MR) is 82.2 cm³/mol. The number of nitrogens with one attached hydrogen (secondary N) is 1. The Balaban J connectivity index is 3.66. The minimum Gasteiger partial charge on any atom is -0.314 e. The molecule has 0 aromatic rings. The van der Waals surface area contributed by atoms with Gasteiger partial charge in [-0.1, -0.05) is 34.6 Å². The Bertz CT molecular complexity index is 194. The summed E-state index contributed by atoms with van der Waals surface area (Å²) in [6.45, 7) is 20.4. The lowest BCUT2D eigenvalue weighted by Crippen LogP contribution is -2.43. The summed E-state index contributed by atoms with van der Waals surface area (Å²) >= 11 is 0. The van der Waals surface area contributed by atoms with Crippen molar-refractivity contribution in [3.8, 4) is 0 Å². The van der Waals surface area contributed by atoms with E-state index >= 15 is 0 Å². The molecular formula is C15H35N3. The molecule has 3 heteroatoms. The van der Waals surface area contributed by atoms with Crippen LogP contribution in [0.25, 0.3) is 0 Å². The Kier molecular flexibility index (Phi) is 8.83. The molecule has 0 radical (unpaired) electrons. The van der Waals surface area contributed by atoms with Gasteiger partial charge in [0.1, 0.15) is 0 Å². The predicted octanol–water partition coefficient (Wildman–Crippen LogP) is 2.28. The summed E-state index contributed by atoms with van der Waals surface area (Å²) in [5.74, 6) is 0. The van der Waals surface area contributed by atoms with Crippen LogP contribution in [0.15, 0.2) is 0 Å². The molecule has 1 N–H and O–H groups in total. The van der Waals surface area contributed by atoms with Crippen molar-refractivity contribution in [2.45, 2.75) is 47.6 Å². The monoisotopic (exact) mass is 257 g/mol. The van der Waals surface area contributed by atoms with Crippen LogP contribution in [0.5, 0.6) is 0 Å².